The quantitative estimate of drug-likeness (QED) is 0.446. The molecule has 10 heteroatoms. The highest BCUT2D eigenvalue weighted by Gasteiger charge is 2.26. The zero-order valence-corrected chi connectivity index (χ0v) is 21.1. The van der Waals surface area contributed by atoms with E-state index in [1.54, 1.807) is 24.3 Å². The molecule has 2 aromatic rings. The van der Waals surface area contributed by atoms with Crippen LogP contribution in [0.25, 0.3) is 0 Å². The fraction of sp³-hybridized carbons (Fsp3) is 0.435. The number of hydrogen-bond acceptors (Lipinski definition) is 6. The normalized spacial score (nSPS) is 11.4. The molecule has 0 unspecified atom stereocenters. The minimum absolute atomic E-state index is 0.00793. The topological polar surface area (TPSA) is 94.2 Å². The van der Waals surface area contributed by atoms with Gasteiger partial charge in [-0.3, -0.25) is 9.10 Å². The summed E-state index contributed by atoms with van der Waals surface area (Å²) in [5.74, 6) is 0.189. The number of methoxy groups -OCH3 is 2. The summed E-state index contributed by atoms with van der Waals surface area (Å²) < 4.78 is 42.9. The van der Waals surface area contributed by atoms with Crippen LogP contribution in [0.5, 0.6) is 11.5 Å². The van der Waals surface area contributed by atoms with Gasteiger partial charge in [0.25, 0.3) is 5.91 Å². The van der Waals surface area contributed by atoms with Crippen molar-refractivity contribution in [3.63, 3.8) is 0 Å². The fourth-order valence-corrected chi connectivity index (χ4v) is 4.10. The minimum Gasteiger partial charge on any atom is -0.493 e. The van der Waals surface area contributed by atoms with Gasteiger partial charge >= 0.3 is 0 Å². The second-order valence-electron chi connectivity index (χ2n) is 7.65. The van der Waals surface area contributed by atoms with Gasteiger partial charge in [-0.25, -0.2) is 8.42 Å². The van der Waals surface area contributed by atoms with E-state index in [-0.39, 0.29) is 23.9 Å². The summed E-state index contributed by atoms with van der Waals surface area (Å²) >= 11 is 5.96. The van der Waals surface area contributed by atoms with Gasteiger partial charge in [0.15, 0.2) is 11.5 Å². The van der Waals surface area contributed by atoms with Gasteiger partial charge in [-0.05, 0) is 44.0 Å². The molecule has 182 valence electrons. The van der Waals surface area contributed by atoms with Crippen molar-refractivity contribution in [2.75, 3.05) is 37.9 Å². The average molecular weight is 499 g/mol. The lowest BCUT2D eigenvalue weighted by Gasteiger charge is -2.26. The number of sulfonamides is 1. The Balaban J connectivity index is 2.43. The van der Waals surface area contributed by atoms with Crippen molar-refractivity contribution < 1.29 is 27.4 Å². The van der Waals surface area contributed by atoms with Crippen molar-refractivity contribution in [2.45, 2.75) is 32.9 Å². The van der Waals surface area contributed by atoms with Crippen molar-refractivity contribution in [3.8, 4) is 11.5 Å². The number of carbonyl (C=O) groups excluding carboxylic acids is 1. The van der Waals surface area contributed by atoms with E-state index in [1.165, 1.54) is 26.4 Å². The maximum absolute atomic E-state index is 13.1. The summed E-state index contributed by atoms with van der Waals surface area (Å²) in [7, 11) is -0.868. The van der Waals surface area contributed by atoms with Crippen LogP contribution in [0.3, 0.4) is 0 Å². The molecule has 1 amide bonds. The highest BCUT2D eigenvalue weighted by atomic mass is 35.5. The molecule has 2 rings (SSSR count). The number of hydrogen-bond donors (Lipinski definition) is 1. The Morgan fingerprint density at radius 1 is 1.09 bits per heavy atom. The number of benzene rings is 2. The number of nitrogens with one attached hydrogen (secondary N) is 1. The molecular weight excluding hydrogens is 468 g/mol. The van der Waals surface area contributed by atoms with Crippen molar-refractivity contribution >= 4 is 33.2 Å². The molecule has 33 heavy (non-hydrogen) atoms. The summed E-state index contributed by atoms with van der Waals surface area (Å²) in [4.78, 5) is 13.1. The van der Waals surface area contributed by atoms with Gasteiger partial charge in [0.1, 0.15) is 0 Å². The van der Waals surface area contributed by atoms with E-state index in [9.17, 15) is 13.2 Å². The van der Waals surface area contributed by atoms with E-state index in [4.69, 9.17) is 25.8 Å². The Hall–Kier alpha value is -2.49. The van der Waals surface area contributed by atoms with Gasteiger partial charge in [0.2, 0.25) is 10.0 Å². The first-order valence-corrected chi connectivity index (χ1v) is 12.7. The van der Waals surface area contributed by atoms with Crippen LogP contribution in [0, 0.1) is 0 Å². The lowest BCUT2D eigenvalue weighted by Crippen LogP contribution is -2.33. The Bertz CT molecular complexity index is 1040. The Morgan fingerprint density at radius 3 is 2.24 bits per heavy atom. The van der Waals surface area contributed by atoms with Crippen LogP contribution in [0.15, 0.2) is 36.4 Å². The second-order valence-corrected chi connectivity index (χ2v) is 9.99. The van der Waals surface area contributed by atoms with Crippen LogP contribution in [0.4, 0.5) is 5.69 Å². The molecule has 0 radical (unpaired) electrons. The minimum atomic E-state index is -3.76. The summed E-state index contributed by atoms with van der Waals surface area (Å²) in [6, 6.07) is 9.80. The number of halogens is 1. The van der Waals surface area contributed by atoms with Gasteiger partial charge in [-0.2, -0.15) is 0 Å². The summed E-state index contributed by atoms with van der Waals surface area (Å²) in [6.07, 6.45) is 1.81. The molecule has 0 aliphatic carbocycles. The third-order valence-corrected chi connectivity index (χ3v) is 6.09. The summed E-state index contributed by atoms with van der Waals surface area (Å²) in [6.45, 7) is 4.76. The molecule has 0 spiro atoms. The van der Waals surface area contributed by atoms with E-state index in [0.717, 1.165) is 10.6 Å². The molecule has 0 saturated carbocycles. The average Bonchev–Trinajstić information content (AvgIpc) is 2.76. The van der Waals surface area contributed by atoms with E-state index in [0.29, 0.717) is 41.7 Å². The maximum atomic E-state index is 13.1. The zero-order valence-electron chi connectivity index (χ0n) is 19.6. The van der Waals surface area contributed by atoms with Crippen molar-refractivity contribution in [1.82, 2.24) is 5.32 Å². The molecule has 8 nitrogen and oxygen atoms in total. The van der Waals surface area contributed by atoms with Gasteiger partial charge < -0.3 is 19.5 Å². The van der Waals surface area contributed by atoms with E-state index < -0.39 is 15.9 Å². The highest BCUT2D eigenvalue weighted by Crippen LogP contribution is 2.37. The molecule has 0 heterocycles. The highest BCUT2D eigenvalue weighted by molar-refractivity contribution is 7.92. The van der Waals surface area contributed by atoms with Crippen LogP contribution in [0.2, 0.25) is 5.02 Å². The number of anilines is 1. The van der Waals surface area contributed by atoms with Crippen LogP contribution in [-0.2, 0) is 21.3 Å². The Kier molecular flexibility index (Phi) is 9.82. The Labute approximate surface area is 200 Å². The number of amides is 1. The predicted octanol–water partition coefficient (Wildman–Crippen LogP) is 3.87. The molecule has 0 bridgehead atoms. The largest absolute Gasteiger partial charge is 0.493 e. The molecule has 1 N–H and O–H groups in total. The van der Waals surface area contributed by atoms with Crippen molar-refractivity contribution in [2.24, 2.45) is 0 Å². The molecule has 0 fully saturated rings. The third-order valence-electron chi connectivity index (χ3n) is 4.71. The lowest BCUT2D eigenvalue weighted by molar-refractivity contribution is 0.0757. The third kappa shape index (κ3) is 7.80. The smallest absolute Gasteiger partial charge is 0.253 e. The predicted molar refractivity (Wildman–Crippen MR) is 130 cm³/mol. The van der Waals surface area contributed by atoms with E-state index >= 15 is 0 Å². The number of rotatable bonds is 12. The number of carbonyl (C=O) groups is 1. The standard InChI is InChI=1S/C23H31ClN2O6S/c1-16(2)32-12-6-11-25-23(27)19-13-21(30-3)22(31-4)14-20(19)26(33(5,28)29)15-17-7-9-18(24)10-8-17/h7-10,13-14,16H,6,11-12,15H2,1-5H3,(H,25,27). The fourth-order valence-electron chi connectivity index (χ4n) is 3.08. The molecule has 0 atom stereocenters. The maximum Gasteiger partial charge on any atom is 0.253 e. The van der Waals surface area contributed by atoms with Crippen LogP contribution >= 0.6 is 11.6 Å². The van der Waals surface area contributed by atoms with Crippen molar-refractivity contribution in [3.05, 3.63) is 52.5 Å². The number of ether oxygens (including phenoxy) is 3. The summed E-state index contributed by atoms with van der Waals surface area (Å²) in [5.41, 5.74) is 1.04. The molecule has 0 aromatic heterocycles. The first kappa shape index (κ1) is 26.8. The first-order valence-electron chi connectivity index (χ1n) is 10.4. The molecule has 0 saturated heterocycles. The summed E-state index contributed by atoms with van der Waals surface area (Å²) in [5, 5.41) is 3.36. The Morgan fingerprint density at radius 2 is 1.70 bits per heavy atom. The van der Waals surface area contributed by atoms with Crippen molar-refractivity contribution in [1.29, 1.82) is 0 Å². The molecule has 2 aromatic carbocycles. The molecular formula is C23H31ClN2O6S. The van der Waals surface area contributed by atoms with Gasteiger partial charge in [0.05, 0.1) is 44.4 Å². The van der Waals surface area contributed by atoms with Crippen LogP contribution in [-0.4, -0.2) is 54.1 Å². The molecule has 0 aliphatic rings. The first-order chi connectivity index (χ1) is 15.6. The second kappa shape index (κ2) is 12.1. The van der Waals surface area contributed by atoms with Gasteiger partial charge in [0, 0.05) is 24.2 Å². The van der Waals surface area contributed by atoms with Gasteiger partial charge in [-0.1, -0.05) is 23.7 Å². The van der Waals surface area contributed by atoms with E-state index in [2.05, 4.69) is 5.32 Å². The van der Waals surface area contributed by atoms with Crippen LogP contribution < -0.4 is 19.1 Å². The lowest BCUT2D eigenvalue weighted by atomic mass is 10.1. The van der Waals surface area contributed by atoms with Gasteiger partial charge in [-0.15, -0.1) is 0 Å². The monoisotopic (exact) mass is 498 g/mol. The molecule has 0 aliphatic heterocycles. The van der Waals surface area contributed by atoms with Crippen LogP contribution in [0.1, 0.15) is 36.2 Å². The SMILES string of the molecule is COc1cc(C(=O)NCCCOC(C)C)c(N(Cc2ccc(Cl)cc2)S(C)(=O)=O)cc1OC. The number of nitrogens with zero attached hydrogens (tertiary/aromatic N) is 1. The van der Waals surface area contributed by atoms with E-state index in [1.807, 2.05) is 13.8 Å². The zero-order chi connectivity index (χ0) is 24.6.